The van der Waals surface area contributed by atoms with Gasteiger partial charge >= 0.3 is 0 Å². The summed E-state index contributed by atoms with van der Waals surface area (Å²) in [5.41, 5.74) is 12.6. The molecule has 1 amide bonds. The third-order valence-corrected chi connectivity index (χ3v) is 6.79. The van der Waals surface area contributed by atoms with Gasteiger partial charge in [-0.2, -0.15) is 0 Å². The highest BCUT2D eigenvalue weighted by atomic mass is 16.5. The highest BCUT2D eigenvalue weighted by molar-refractivity contribution is 6.12. The Bertz CT molecular complexity index is 1360. The lowest BCUT2D eigenvalue weighted by Gasteiger charge is -2.30. The summed E-state index contributed by atoms with van der Waals surface area (Å²) >= 11 is 0. The van der Waals surface area contributed by atoms with E-state index < -0.39 is 0 Å². The van der Waals surface area contributed by atoms with E-state index in [4.69, 9.17) is 10.5 Å². The fourth-order valence-electron chi connectivity index (χ4n) is 5.05. The largest absolute Gasteiger partial charge is 0.485 e. The normalized spacial score (nSPS) is 19.4. The van der Waals surface area contributed by atoms with Gasteiger partial charge < -0.3 is 20.4 Å². The van der Waals surface area contributed by atoms with E-state index in [1.54, 1.807) is 0 Å². The minimum atomic E-state index is -0.0197. The van der Waals surface area contributed by atoms with Crippen molar-refractivity contribution in [1.82, 2.24) is 9.88 Å². The molecule has 1 saturated heterocycles. The average molecular weight is 440 g/mol. The van der Waals surface area contributed by atoms with Crippen LogP contribution in [0.25, 0.3) is 17.3 Å². The molecule has 0 aliphatic carbocycles. The van der Waals surface area contributed by atoms with Crippen molar-refractivity contribution in [3.63, 3.8) is 0 Å². The van der Waals surface area contributed by atoms with Crippen LogP contribution < -0.4 is 21.0 Å². The van der Waals surface area contributed by atoms with Crippen LogP contribution in [-0.2, 0) is 4.79 Å². The van der Waals surface area contributed by atoms with E-state index in [0.717, 1.165) is 34.7 Å². The van der Waals surface area contributed by atoms with E-state index in [0.29, 0.717) is 18.7 Å². The monoisotopic (exact) mass is 439 g/mol. The lowest BCUT2D eigenvalue weighted by Crippen LogP contribution is -2.40. The van der Waals surface area contributed by atoms with E-state index in [9.17, 15) is 4.79 Å². The van der Waals surface area contributed by atoms with Crippen molar-refractivity contribution >= 4 is 23.3 Å². The van der Waals surface area contributed by atoms with Gasteiger partial charge in [-0.15, -0.1) is 0 Å². The van der Waals surface area contributed by atoms with Gasteiger partial charge in [0.2, 0.25) is 0 Å². The number of hydrogen-bond acceptors (Lipinski definition) is 3. The molecule has 3 aromatic rings. The van der Waals surface area contributed by atoms with E-state index >= 15 is 0 Å². The molecule has 168 valence electrons. The molecule has 5 heteroatoms. The Labute approximate surface area is 193 Å². The van der Waals surface area contributed by atoms with Gasteiger partial charge in [0.05, 0.1) is 5.35 Å². The van der Waals surface area contributed by atoms with Crippen LogP contribution in [-0.4, -0.2) is 28.9 Å². The number of nitrogens with zero attached hydrogens (tertiary/aromatic N) is 1. The Morgan fingerprint density at radius 1 is 1.06 bits per heavy atom. The number of likely N-dealkylation sites (tertiary alicyclic amines) is 1. The van der Waals surface area contributed by atoms with Gasteiger partial charge in [0.15, 0.2) is 0 Å². The number of rotatable bonds is 1. The van der Waals surface area contributed by atoms with Crippen LogP contribution >= 0.6 is 0 Å². The molecule has 1 atom stereocenters. The Morgan fingerprint density at radius 3 is 2.52 bits per heavy atom. The van der Waals surface area contributed by atoms with Gasteiger partial charge in [0.1, 0.15) is 11.9 Å². The average Bonchev–Trinajstić information content (AvgIpc) is 3.29. The lowest BCUT2D eigenvalue weighted by molar-refractivity contribution is -0.125. The predicted octanol–water partition coefficient (Wildman–Crippen LogP) is 3.46. The summed E-state index contributed by atoms with van der Waals surface area (Å²) in [4.78, 5) is 18.3. The molecule has 2 aromatic carbocycles. The maximum Gasteiger partial charge on any atom is 0.251 e. The van der Waals surface area contributed by atoms with Crippen LogP contribution in [0.15, 0.2) is 66.4 Å². The Kier molecular flexibility index (Phi) is 5.55. The number of carbonyl (C=O) groups excluding carboxylic acids is 1. The molecule has 0 spiro atoms. The number of fused-ring (bicyclic) bond motifs is 2. The van der Waals surface area contributed by atoms with Crippen LogP contribution in [0.1, 0.15) is 49.5 Å². The number of para-hydroxylation sites is 1. The standard InChI is InChI=1S/C28H29N3O2/c1-18(27-21(17-29)11-14-30-27)28(32)31-15-12-20(13-16-31)26-23-8-4-3-7-22(23)19(2)33-25-10-6-5-9-24(25)26/h3-11,14,17,19,30H,12-13,15-16,29H2,1-2H3/b21-17-,27-18-. The van der Waals surface area contributed by atoms with Crippen molar-refractivity contribution in [1.29, 1.82) is 0 Å². The molecule has 2 aliphatic rings. The van der Waals surface area contributed by atoms with Crippen molar-refractivity contribution in [3.8, 4) is 5.75 Å². The van der Waals surface area contributed by atoms with Crippen LogP contribution in [0.2, 0.25) is 0 Å². The highest BCUT2D eigenvalue weighted by Crippen LogP contribution is 2.43. The molecule has 33 heavy (non-hydrogen) atoms. The third kappa shape index (κ3) is 3.74. The molecule has 2 aliphatic heterocycles. The van der Waals surface area contributed by atoms with Crippen molar-refractivity contribution in [2.24, 2.45) is 5.73 Å². The fraction of sp³-hybridized carbons (Fsp3) is 0.250. The first-order valence-electron chi connectivity index (χ1n) is 11.5. The summed E-state index contributed by atoms with van der Waals surface area (Å²) in [6, 6.07) is 18.7. The Hall–Kier alpha value is -3.73. The number of aromatic amines is 1. The van der Waals surface area contributed by atoms with E-state index in [1.165, 1.54) is 28.5 Å². The summed E-state index contributed by atoms with van der Waals surface area (Å²) in [5.74, 6) is 0.979. The van der Waals surface area contributed by atoms with Crippen molar-refractivity contribution in [2.45, 2.75) is 32.8 Å². The van der Waals surface area contributed by atoms with Crippen LogP contribution in [0, 0.1) is 0 Å². The molecule has 5 rings (SSSR count). The molecule has 1 aromatic heterocycles. The molecule has 0 radical (unpaired) electrons. The first-order valence-corrected chi connectivity index (χ1v) is 11.5. The zero-order valence-corrected chi connectivity index (χ0v) is 19.1. The SMILES string of the molecule is C/C(C(=O)N1CCC(=C2c3ccccc3OC(C)c3ccccc32)CC1)=c1/[nH]cc/c1=C/N. The summed E-state index contributed by atoms with van der Waals surface area (Å²) in [5, 5.41) is 1.64. The number of aromatic nitrogens is 1. The summed E-state index contributed by atoms with van der Waals surface area (Å²) in [6.45, 7) is 5.36. The smallest absolute Gasteiger partial charge is 0.251 e. The van der Waals surface area contributed by atoms with Gasteiger partial charge in [-0.3, -0.25) is 4.79 Å². The predicted molar refractivity (Wildman–Crippen MR) is 132 cm³/mol. The Morgan fingerprint density at radius 2 is 1.76 bits per heavy atom. The maximum atomic E-state index is 13.2. The van der Waals surface area contributed by atoms with E-state index in [1.807, 2.05) is 30.2 Å². The maximum absolute atomic E-state index is 13.2. The first-order chi connectivity index (χ1) is 16.1. The van der Waals surface area contributed by atoms with Crippen LogP contribution in [0.4, 0.5) is 0 Å². The number of carbonyl (C=O) groups is 1. The molecule has 5 nitrogen and oxygen atoms in total. The minimum absolute atomic E-state index is 0.0197. The summed E-state index contributed by atoms with van der Waals surface area (Å²) < 4.78 is 6.34. The zero-order valence-electron chi connectivity index (χ0n) is 19.1. The molecular formula is C28H29N3O2. The van der Waals surface area contributed by atoms with Gasteiger partial charge in [0, 0.05) is 41.8 Å². The van der Waals surface area contributed by atoms with Gasteiger partial charge in [0.25, 0.3) is 5.91 Å². The molecule has 3 heterocycles. The van der Waals surface area contributed by atoms with Gasteiger partial charge in [-0.1, -0.05) is 48.0 Å². The molecule has 1 fully saturated rings. The fourth-order valence-corrected chi connectivity index (χ4v) is 5.05. The number of amides is 1. The van der Waals surface area contributed by atoms with Gasteiger partial charge in [-0.05, 0) is 55.5 Å². The van der Waals surface area contributed by atoms with Gasteiger partial charge in [-0.25, -0.2) is 0 Å². The number of hydrogen-bond donors (Lipinski definition) is 2. The second-order valence-corrected chi connectivity index (χ2v) is 8.71. The van der Waals surface area contributed by atoms with Crippen molar-refractivity contribution < 1.29 is 9.53 Å². The number of nitrogens with two attached hydrogens (primary N) is 1. The number of piperidine rings is 1. The minimum Gasteiger partial charge on any atom is -0.485 e. The van der Waals surface area contributed by atoms with E-state index in [-0.39, 0.29) is 12.0 Å². The number of nitrogens with one attached hydrogen (secondary N) is 1. The second-order valence-electron chi connectivity index (χ2n) is 8.71. The number of benzene rings is 2. The molecular weight excluding hydrogens is 410 g/mol. The number of ether oxygens (including phenoxy) is 1. The third-order valence-electron chi connectivity index (χ3n) is 6.79. The molecule has 3 N–H and O–H groups in total. The van der Waals surface area contributed by atoms with E-state index in [2.05, 4.69) is 54.4 Å². The quantitative estimate of drug-likeness (QED) is 0.610. The molecule has 0 bridgehead atoms. The number of H-pyrrole nitrogens is 1. The molecule has 1 unspecified atom stereocenters. The van der Waals surface area contributed by atoms with Crippen LogP contribution in [0.5, 0.6) is 5.75 Å². The lowest BCUT2D eigenvalue weighted by atomic mass is 9.85. The second kappa shape index (κ2) is 8.66. The topological polar surface area (TPSA) is 71.3 Å². The summed E-state index contributed by atoms with van der Waals surface area (Å²) in [7, 11) is 0. The van der Waals surface area contributed by atoms with Crippen molar-refractivity contribution in [3.05, 3.63) is 93.6 Å². The van der Waals surface area contributed by atoms with Crippen LogP contribution in [0.3, 0.4) is 0 Å². The summed E-state index contributed by atoms with van der Waals surface area (Å²) in [6.07, 6.45) is 5.00. The first kappa shape index (κ1) is 21.1. The zero-order chi connectivity index (χ0) is 22.9. The van der Waals surface area contributed by atoms with Crippen molar-refractivity contribution in [2.75, 3.05) is 13.1 Å². The Balaban J connectivity index is 1.51. The molecule has 0 saturated carbocycles. The highest BCUT2D eigenvalue weighted by Gasteiger charge is 2.28.